The van der Waals surface area contributed by atoms with E-state index in [0.29, 0.717) is 13.0 Å². The first kappa shape index (κ1) is 11.4. The highest BCUT2D eigenvalue weighted by Gasteiger charge is 2.54. The van der Waals surface area contributed by atoms with E-state index in [1.807, 2.05) is 0 Å². The van der Waals surface area contributed by atoms with E-state index in [2.05, 4.69) is 13.8 Å². The lowest BCUT2D eigenvalue weighted by atomic mass is 10.0. The molecular formula is C11H18N2O3. The van der Waals surface area contributed by atoms with Crippen molar-refractivity contribution in [2.75, 3.05) is 13.1 Å². The third-order valence-electron chi connectivity index (χ3n) is 3.85. The number of likely N-dealkylation sites (tertiary alicyclic amines) is 1. The van der Waals surface area contributed by atoms with Gasteiger partial charge in [0.15, 0.2) is 0 Å². The standard InChI is InChI=1S/C11H18N2O3/c1-10(2)5-7(10)8(14)13-4-3-11(12,6-13)9(15)16/h7H,3-6,12H2,1-2H3,(H,15,16). The molecule has 1 aliphatic heterocycles. The largest absolute Gasteiger partial charge is 0.480 e. The molecule has 1 saturated heterocycles. The molecule has 0 bridgehead atoms. The molecule has 2 atom stereocenters. The zero-order valence-electron chi connectivity index (χ0n) is 9.69. The van der Waals surface area contributed by atoms with Crippen molar-refractivity contribution in [2.24, 2.45) is 17.1 Å². The molecule has 0 radical (unpaired) electrons. The zero-order valence-corrected chi connectivity index (χ0v) is 9.69. The normalized spacial score (nSPS) is 36.2. The van der Waals surface area contributed by atoms with Gasteiger partial charge in [-0.05, 0) is 18.3 Å². The summed E-state index contributed by atoms with van der Waals surface area (Å²) in [5, 5.41) is 8.97. The van der Waals surface area contributed by atoms with E-state index in [4.69, 9.17) is 10.8 Å². The number of carboxylic acid groups (broad SMARTS) is 1. The van der Waals surface area contributed by atoms with Crippen molar-refractivity contribution in [3.63, 3.8) is 0 Å². The van der Waals surface area contributed by atoms with Gasteiger partial charge in [0, 0.05) is 19.0 Å². The van der Waals surface area contributed by atoms with Gasteiger partial charge in [-0.2, -0.15) is 0 Å². The summed E-state index contributed by atoms with van der Waals surface area (Å²) in [5.74, 6) is -0.889. The van der Waals surface area contributed by atoms with Crippen molar-refractivity contribution in [3.8, 4) is 0 Å². The van der Waals surface area contributed by atoms with E-state index >= 15 is 0 Å². The van der Waals surface area contributed by atoms with Crippen molar-refractivity contribution in [3.05, 3.63) is 0 Å². The van der Waals surface area contributed by atoms with Gasteiger partial charge in [0.1, 0.15) is 5.54 Å². The third-order valence-corrected chi connectivity index (χ3v) is 3.85. The number of carbonyl (C=O) groups is 2. The van der Waals surface area contributed by atoms with Gasteiger partial charge < -0.3 is 15.7 Å². The number of amides is 1. The van der Waals surface area contributed by atoms with Gasteiger partial charge >= 0.3 is 5.97 Å². The van der Waals surface area contributed by atoms with E-state index in [0.717, 1.165) is 6.42 Å². The number of nitrogens with zero attached hydrogens (tertiary/aromatic N) is 1. The topological polar surface area (TPSA) is 83.6 Å². The molecule has 1 amide bonds. The molecule has 5 heteroatoms. The molecule has 1 saturated carbocycles. The fraction of sp³-hybridized carbons (Fsp3) is 0.818. The lowest BCUT2D eigenvalue weighted by Gasteiger charge is -2.20. The molecule has 5 nitrogen and oxygen atoms in total. The maximum atomic E-state index is 12.0. The van der Waals surface area contributed by atoms with Gasteiger partial charge in [-0.25, -0.2) is 0 Å². The summed E-state index contributed by atoms with van der Waals surface area (Å²) in [6, 6.07) is 0. The molecule has 0 spiro atoms. The van der Waals surface area contributed by atoms with Gasteiger partial charge in [-0.3, -0.25) is 9.59 Å². The molecule has 0 aromatic heterocycles. The Balaban J connectivity index is 2.00. The average Bonchev–Trinajstić information content (AvgIpc) is 2.62. The molecule has 1 heterocycles. The van der Waals surface area contributed by atoms with Crippen LogP contribution in [0.4, 0.5) is 0 Å². The Morgan fingerprint density at radius 3 is 2.38 bits per heavy atom. The summed E-state index contributed by atoms with van der Waals surface area (Å²) in [4.78, 5) is 24.6. The molecule has 1 aliphatic carbocycles. The fourth-order valence-electron chi connectivity index (χ4n) is 2.30. The van der Waals surface area contributed by atoms with Crippen LogP contribution in [0.1, 0.15) is 26.7 Å². The first-order valence-corrected chi connectivity index (χ1v) is 5.57. The Kier molecular flexibility index (Phi) is 2.28. The van der Waals surface area contributed by atoms with Crippen LogP contribution in [0.25, 0.3) is 0 Å². The SMILES string of the molecule is CC1(C)CC1C(=O)N1CCC(N)(C(=O)O)C1. The number of carbonyl (C=O) groups excluding carboxylic acids is 1. The quantitative estimate of drug-likeness (QED) is 0.696. The number of hydrogen-bond donors (Lipinski definition) is 2. The highest BCUT2D eigenvalue weighted by atomic mass is 16.4. The van der Waals surface area contributed by atoms with Crippen LogP contribution in [0, 0.1) is 11.3 Å². The van der Waals surface area contributed by atoms with Gasteiger partial charge in [0.2, 0.25) is 5.91 Å². The van der Waals surface area contributed by atoms with Gasteiger partial charge in [-0.15, -0.1) is 0 Å². The monoisotopic (exact) mass is 226 g/mol. The van der Waals surface area contributed by atoms with Crippen LogP contribution in [0.3, 0.4) is 0 Å². The van der Waals surface area contributed by atoms with E-state index in [9.17, 15) is 9.59 Å². The third kappa shape index (κ3) is 1.69. The summed E-state index contributed by atoms with van der Waals surface area (Å²) in [6.07, 6.45) is 1.24. The van der Waals surface area contributed by atoms with Crippen LogP contribution in [0.15, 0.2) is 0 Å². The van der Waals surface area contributed by atoms with Crippen molar-refractivity contribution >= 4 is 11.9 Å². The van der Waals surface area contributed by atoms with E-state index < -0.39 is 11.5 Å². The molecule has 2 aliphatic rings. The van der Waals surface area contributed by atoms with Crippen LogP contribution in [0.2, 0.25) is 0 Å². The van der Waals surface area contributed by atoms with Gasteiger partial charge in [-0.1, -0.05) is 13.8 Å². The predicted octanol–water partition coefficient (Wildman–Crippen LogP) is 0.0469. The summed E-state index contributed by atoms with van der Waals surface area (Å²) >= 11 is 0. The van der Waals surface area contributed by atoms with Crippen molar-refractivity contribution < 1.29 is 14.7 Å². The van der Waals surface area contributed by atoms with Crippen molar-refractivity contribution in [1.29, 1.82) is 0 Å². The van der Waals surface area contributed by atoms with E-state index in [1.54, 1.807) is 4.90 Å². The minimum absolute atomic E-state index is 0.0589. The molecule has 3 N–H and O–H groups in total. The van der Waals surface area contributed by atoms with Crippen molar-refractivity contribution in [1.82, 2.24) is 4.90 Å². The maximum Gasteiger partial charge on any atom is 0.325 e. The molecule has 90 valence electrons. The van der Waals surface area contributed by atoms with Crippen LogP contribution in [0.5, 0.6) is 0 Å². The molecule has 0 aromatic carbocycles. The maximum absolute atomic E-state index is 12.0. The van der Waals surface area contributed by atoms with Crippen LogP contribution >= 0.6 is 0 Å². The van der Waals surface area contributed by atoms with Gasteiger partial charge in [0.25, 0.3) is 0 Å². The first-order valence-electron chi connectivity index (χ1n) is 5.57. The van der Waals surface area contributed by atoms with Gasteiger partial charge in [0.05, 0.1) is 0 Å². The second kappa shape index (κ2) is 3.20. The Hall–Kier alpha value is -1.10. The summed E-state index contributed by atoms with van der Waals surface area (Å²) in [6.45, 7) is 4.72. The molecule has 2 rings (SSSR count). The summed E-state index contributed by atoms with van der Waals surface area (Å²) in [5.41, 5.74) is 4.57. The Labute approximate surface area is 94.6 Å². The number of rotatable bonds is 2. The molecule has 0 aromatic rings. The summed E-state index contributed by atoms with van der Waals surface area (Å²) in [7, 11) is 0. The Morgan fingerprint density at radius 2 is 2.00 bits per heavy atom. The second-order valence-electron chi connectivity index (χ2n) is 5.72. The lowest BCUT2D eigenvalue weighted by molar-refractivity contribution is -0.143. The highest BCUT2D eigenvalue weighted by molar-refractivity contribution is 5.86. The fourth-order valence-corrected chi connectivity index (χ4v) is 2.30. The van der Waals surface area contributed by atoms with Crippen LogP contribution in [-0.2, 0) is 9.59 Å². The number of carboxylic acids is 1. The van der Waals surface area contributed by atoms with Crippen molar-refractivity contribution in [2.45, 2.75) is 32.2 Å². The Bertz CT molecular complexity index is 353. The minimum Gasteiger partial charge on any atom is -0.480 e. The minimum atomic E-state index is -1.24. The first-order chi connectivity index (χ1) is 7.26. The number of nitrogens with two attached hydrogens (primary N) is 1. The lowest BCUT2D eigenvalue weighted by Crippen LogP contribution is -2.50. The molecule has 16 heavy (non-hydrogen) atoms. The second-order valence-corrected chi connectivity index (χ2v) is 5.72. The number of aliphatic carboxylic acids is 1. The van der Waals surface area contributed by atoms with Crippen LogP contribution in [-0.4, -0.2) is 40.5 Å². The van der Waals surface area contributed by atoms with Crippen LogP contribution < -0.4 is 5.73 Å². The molecular weight excluding hydrogens is 208 g/mol. The summed E-state index contributed by atoms with van der Waals surface area (Å²) < 4.78 is 0. The smallest absolute Gasteiger partial charge is 0.325 e. The van der Waals surface area contributed by atoms with E-state index in [-0.39, 0.29) is 23.8 Å². The Morgan fingerprint density at radius 1 is 1.44 bits per heavy atom. The van der Waals surface area contributed by atoms with E-state index in [1.165, 1.54) is 0 Å². The molecule has 2 fully saturated rings. The zero-order chi connectivity index (χ0) is 12.1. The predicted molar refractivity (Wildman–Crippen MR) is 57.6 cm³/mol. The molecule has 2 unspecified atom stereocenters. The highest BCUT2D eigenvalue weighted by Crippen LogP contribution is 2.52. The number of hydrogen-bond acceptors (Lipinski definition) is 3. The average molecular weight is 226 g/mol.